The van der Waals surface area contributed by atoms with Crippen molar-refractivity contribution in [3.05, 3.63) is 34.4 Å². The highest BCUT2D eigenvalue weighted by molar-refractivity contribution is 7.80. The maximum absolute atomic E-state index is 5.50. The Morgan fingerprint density at radius 2 is 1.03 bits per heavy atom. The van der Waals surface area contributed by atoms with Gasteiger partial charge in [0.2, 0.25) is 0 Å². The van der Waals surface area contributed by atoms with Crippen molar-refractivity contribution in [3.8, 4) is 0 Å². The smallest absolute Gasteiger partial charge is 0.166 e. The summed E-state index contributed by atoms with van der Waals surface area (Å²) < 4.78 is 0. The molecule has 0 unspecified atom stereocenters. The fraction of sp³-hybridized carbons (Fsp3) is 0.652. The first-order valence-corrected chi connectivity index (χ1v) is 11.5. The molecule has 0 amide bonds. The second-order valence-corrected chi connectivity index (χ2v) is 10.8. The van der Waals surface area contributed by atoms with E-state index in [1.807, 2.05) is 0 Å². The predicted octanol–water partition coefficient (Wildman–Crippen LogP) is 4.39. The van der Waals surface area contributed by atoms with Gasteiger partial charge in [-0.15, -0.1) is 0 Å². The SMILES string of the molecule is CC(C)(C)c1cc(C(C)(C)C)c2cc1CNC(=S)NCCCCCNC(=S)NC2. The van der Waals surface area contributed by atoms with Gasteiger partial charge in [0.1, 0.15) is 0 Å². The first kappa shape index (κ1) is 23.9. The van der Waals surface area contributed by atoms with E-state index in [0.717, 1.165) is 55.7 Å². The summed E-state index contributed by atoms with van der Waals surface area (Å²) in [6, 6.07) is 4.72. The minimum absolute atomic E-state index is 0.0513. The molecule has 1 aliphatic heterocycles. The molecule has 1 aliphatic rings. The fourth-order valence-electron chi connectivity index (χ4n) is 3.69. The van der Waals surface area contributed by atoms with Gasteiger partial charge in [-0.3, -0.25) is 0 Å². The molecular weight excluding hydrogens is 396 g/mol. The van der Waals surface area contributed by atoms with E-state index < -0.39 is 0 Å². The monoisotopic (exact) mass is 434 g/mol. The Kier molecular flexibility index (Phi) is 8.29. The molecule has 4 N–H and O–H groups in total. The Hall–Kier alpha value is -1.40. The van der Waals surface area contributed by atoms with Gasteiger partial charge in [0.05, 0.1) is 0 Å². The van der Waals surface area contributed by atoms with E-state index in [1.54, 1.807) is 0 Å². The molecule has 1 aromatic rings. The van der Waals surface area contributed by atoms with Crippen molar-refractivity contribution in [2.45, 2.75) is 84.7 Å². The Bertz CT molecular complexity index is 672. The van der Waals surface area contributed by atoms with Crippen LogP contribution in [0.2, 0.25) is 0 Å². The van der Waals surface area contributed by atoms with Crippen LogP contribution in [0.4, 0.5) is 0 Å². The lowest BCUT2D eigenvalue weighted by Gasteiger charge is -2.30. The third-order valence-corrected chi connectivity index (χ3v) is 5.83. The third kappa shape index (κ3) is 7.41. The van der Waals surface area contributed by atoms with Gasteiger partial charge in [-0.05, 0) is 76.8 Å². The molecule has 0 fully saturated rings. The molecule has 0 spiro atoms. The van der Waals surface area contributed by atoms with Crippen LogP contribution in [-0.2, 0) is 23.9 Å². The molecule has 0 saturated carbocycles. The van der Waals surface area contributed by atoms with Crippen LogP contribution >= 0.6 is 24.4 Å². The average Bonchev–Trinajstić information content (AvgIpc) is 2.61. The van der Waals surface area contributed by atoms with Gasteiger partial charge in [0, 0.05) is 26.2 Å². The summed E-state index contributed by atoms with van der Waals surface area (Å²) in [6.45, 7) is 16.9. The van der Waals surface area contributed by atoms with Gasteiger partial charge >= 0.3 is 0 Å². The molecule has 0 radical (unpaired) electrons. The molecule has 2 rings (SSSR count). The largest absolute Gasteiger partial charge is 0.363 e. The van der Waals surface area contributed by atoms with Gasteiger partial charge in [0.25, 0.3) is 0 Å². The van der Waals surface area contributed by atoms with Crippen molar-refractivity contribution in [3.63, 3.8) is 0 Å². The van der Waals surface area contributed by atoms with E-state index in [2.05, 4.69) is 74.9 Å². The number of rotatable bonds is 0. The summed E-state index contributed by atoms with van der Waals surface area (Å²) in [4.78, 5) is 0. The summed E-state index contributed by atoms with van der Waals surface area (Å²) >= 11 is 11.0. The van der Waals surface area contributed by atoms with Crippen molar-refractivity contribution < 1.29 is 0 Å². The third-order valence-electron chi connectivity index (χ3n) is 5.25. The van der Waals surface area contributed by atoms with Gasteiger partial charge in [-0.25, -0.2) is 0 Å². The number of thiocarbonyl (C=S) groups is 2. The summed E-state index contributed by atoms with van der Waals surface area (Å²) in [7, 11) is 0. The molecule has 1 aromatic carbocycles. The van der Waals surface area contributed by atoms with Crippen LogP contribution in [-0.4, -0.2) is 23.3 Å². The normalized spacial score (nSPS) is 17.6. The zero-order valence-electron chi connectivity index (χ0n) is 18.9. The Morgan fingerprint density at radius 3 is 1.41 bits per heavy atom. The molecule has 0 saturated heterocycles. The first-order chi connectivity index (χ1) is 13.5. The molecule has 162 valence electrons. The molecule has 29 heavy (non-hydrogen) atoms. The molecular formula is C23H38N4S2. The quantitative estimate of drug-likeness (QED) is 0.454. The van der Waals surface area contributed by atoms with Crippen molar-refractivity contribution in [2.75, 3.05) is 13.1 Å². The molecule has 4 nitrogen and oxygen atoms in total. The zero-order chi connectivity index (χ0) is 21.7. The van der Waals surface area contributed by atoms with Gasteiger partial charge in [-0.2, -0.15) is 0 Å². The van der Waals surface area contributed by atoms with Crippen LogP contribution in [0.1, 0.15) is 83.1 Å². The number of hydrogen-bond donors (Lipinski definition) is 4. The number of hydrogen-bond acceptors (Lipinski definition) is 2. The predicted molar refractivity (Wildman–Crippen MR) is 133 cm³/mol. The maximum atomic E-state index is 5.50. The van der Waals surface area contributed by atoms with Crippen molar-refractivity contribution in [2.24, 2.45) is 0 Å². The van der Waals surface area contributed by atoms with Crippen LogP contribution in [0.5, 0.6) is 0 Å². The highest BCUT2D eigenvalue weighted by Gasteiger charge is 2.25. The Morgan fingerprint density at radius 1 is 0.621 bits per heavy atom. The average molecular weight is 435 g/mol. The lowest BCUT2D eigenvalue weighted by molar-refractivity contribution is 0.555. The highest BCUT2D eigenvalue weighted by Crippen LogP contribution is 2.34. The molecule has 1 heterocycles. The number of fused-ring (bicyclic) bond motifs is 2. The summed E-state index contributed by atoms with van der Waals surface area (Å²) in [6.07, 6.45) is 3.34. The minimum Gasteiger partial charge on any atom is -0.363 e. The topological polar surface area (TPSA) is 48.1 Å². The van der Waals surface area contributed by atoms with Crippen LogP contribution < -0.4 is 21.3 Å². The van der Waals surface area contributed by atoms with E-state index in [0.29, 0.717) is 0 Å². The molecule has 0 aliphatic carbocycles. The van der Waals surface area contributed by atoms with Crippen LogP contribution in [0.3, 0.4) is 0 Å². The van der Waals surface area contributed by atoms with Crippen LogP contribution in [0, 0.1) is 0 Å². The number of nitrogens with one attached hydrogen (secondary N) is 4. The van der Waals surface area contributed by atoms with E-state index in [1.165, 1.54) is 22.3 Å². The summed E-state index contributed by atoms with van der Waals surface area (Å²) in [5, 5.41) is 15.0. The van der Waals surface area contributed by atoms with Crippen LogP contribution in [0.25, 0.3) is 0 Å². The molecule has 2 bridgehead atoms. The van der Waals surface area contributed by atoms with E-state index in [-0.39, 0.29) is 10.8 Å². The second kappa shape index (κ2) is 10.1. The second-order valence-electron chi connectivity index (χ2n) is 9.95. The van der Waals surface area contributed by atoms with Crippen molar-refractivity contribution >= 4 is 34.7 Å². The maximum Gasteiger partial charge on any atom is 0.166 e. The molecule has 6 heteroatoms. The summed E-state index contributed by atoms with van der Waals surface area (Å²) in [5.41, 5.74) is 5.41. The lowest BCUT2D eigenvalue weighted by Crippen LogP contribution is -2.37. The van der Waals surface area contributed by atoms with E-state index in [4.69, 9.17) is 24.4 Å². The fourth-order valence-corrected chi connectivity index (χ4v) is 4.04. The van der Waals surface area contributed by atoms with Crippen LogP contribution in [0.15, 0.2) is 12.1 Å². The summed E-state index contributed by atoms with van der Waals surface area (Å²) in [5.74, 6) is 0. The lowest BCUT2D eigenvalue weighted by atomic mass is 9.76. The minimum atomic E-state index is 0.0513. The zero-order valence-corrected chi connectivity index (χ0v) is 20.6. The standard InChI is InChI=1S/C23H38N4S2/c1-22(2,3)18-13-19(23(4,5)6)17-12-16(18)14-26-20(28)24-10-8-7-9-11-25-21(29)27-15-17/h12-13H,7-11,14-15H2,1-6H3,(H2,24,26,28)(H2,25,27,29). The number of benzene rings is 1. The van der Waals surface area contributed by atoms with Crippen molar-refractivity contribution in [1.82, 2.24) is 21.3 Å². The van der Waals surface area contributed by atoms with E-state index in [9.17, 15) is 0 Å². The van der Waals surface area contributed by atoms with Gasteiger partial charge in [0.15, 0.2) is 10.2 Å². The van der Waals surface area contributed by atoms with Gasteiger partial charge < -0.3 is 21.3 Å². The first-order valence-electron chi connectivity index (χ1n) is 10.7. The molecule has 0 aromatic heterocycles. The Balaban J connectivity index is 2.44. The highest BCUT2D eigenvalue weighted by atomic mass is 32.1. The molecule has 0 atom stereocenters. The van der Waals surface area contributed by atoms with Gasteiger partial charge in [-0.1, -0.05) is 53.7 Å². The van der Waals surface area contributed by atoms with Crippen molar-refractivity contribution in [1.29, 1.82) is 0 Å². The Labute approximate surface area is 188 Å². The van der Waals surface area contributed by atoms with E-state index >= 15 is 0 Å².